The van der Waals surface area contributed by atoms with E-state index < -0.39 is 0 Å². The first kappa shape index (κ1) is 20.8. The molecule has 1 aliphatic carbocycles. The minimum atomic E-state index is 0.590. The van der Waals surface area contributed by atoms with Gasteiger partial charge >= 0.3 is 0 Å². The number of halogens is 1. The molecule has 1 aromatic carbocycles. The molecule has 4 nitrogen and oxygen atoms in total. The molecule has 1 heterocycles. The van der Waals surface area contributed by atoms with Crippen LogP contribution < -0.4 is 10.6 Å². The zero-order valence-electron chi connectivity index (χ0n) is 16.3. The van der Waals surface area contributed by atoms with E-state index in [2.05, 4.69) is 32.6 Å². The van der Waals surface area contributed by atoms with Crippen molar-refractivity contribution in [1.82, 2.24) is 20.4 Å². The molecule has 0 spiro atoms. The Morgan fingerprint density at radius 2 is 1.67 bits per heavy atom. The van der Waals surface area contributed by atoms with Crippen LogP contribution in [0.15, 0.2) is 24.3 Å². The van der Waals surface area contributed by atoms with Crippen LogP contribution in [0.1, 0.15) is 44.1 Å². The maximum atomic E-state index is 5.96. The predicted molar refractivity (Wildman–Crippen MR) is 118 cm³/mol. The van der Waals surface area contributed by atoms with Gasteiger partial charge in [0.2, 0.25) is 0 Å². The van der Waals surface area contributed by atoms with E-state index in [1.807, 2.05) is 12.1 Å². The second-order valence-electron chi connectivity index (χ2n) is 7.83. The van der Waals surface area contributed by atoms with E-state index in [0.29, 0.717) is 6.04 Å². The molecular weight excluding hydrogens is 376 g/mol. The molecule has 1 saturated carbocycles. The van der Waals surface area contributed by atoms with Gasteiger partial charge in [-0.15, -0.1) is 0 Å². The Bertz CT molecular complexity index is 566. The monoisotopic (exact) mass is 408 g/mol. The lowest BCUT2D eigenvalue weighted by Crippen LogP contribution is -2.47. The van der Waals surface area contributed by atoms with Gasteiger partial charge in [-0.25, -0.2) is 0 Å². The minimum absolute atomic E-state index is 0.590. The third-order valence-electron chi connectivity index (χ3n) is 5.66. The van der Waals surface area contributed by atoms with Gasteiger partial charge in [0, 0.05) is 50.3 Å². The molecule has 6 heteroatoms. The molecule has 2 N–H and O–H groups in total. The van der Waals surface area contributed by atoms with Crippen LogP contribution in [0.4, 0.5) is 0 Å². The Balaban J connectivity index is 1.24. The Hall–Kier alpha value is -0.880. The second kappa shape index (κ2) is 11.2. The molecule has 0 amide bonds. The van der Waals surface area contributed by atoms with Crippen LogP contribution in [-0.4, -0.2) is 60.2 Å². The Morgan fingerprint density at radius 3 is 2.37 bits per heavy atom. The highest BCUT2D eigenvalue weighted by Crippen LogP contribution is 2.17. The van der Waals surface area contributed by atoms with Crippen molar-refractivity contribution in [2.24, 2.45) is 0 Å². The Labute approximate surface area is 174 Å². The number of hydrogen-bond donors (Lipinski definition) is 2. The molecule has 0 unspecified atom stereocenters. The lowest BCUT2D eigenvalue weighted by molar-refractivity contribution is 0.126. The predicted octanol–water partition coefficient (Wildman–Crippen LogP) is 3.64. The maximum absolute atomic E-state index is 5.96. The van der Waals surface area contributed by atoms with Crippen molar-refractivity contribution in [3.8, 4) is 0 Å². The highest BCUT2D eigenvalue weighted by atomic mass is 35.5. The molecule has 2 fully saturated rings. The van der Waals surface area contributed by atoms with Gasteiger partial charge < -0.3 is 15.5 Å². The summed E-state index contributed by atoms with van der Waals surface area (Å²) in [5, 5.41) is 8.52. The fourth-order valence-corrected chi connectivity index (χ4v) is 4.40. The van der Waals surface area contributed by atoms with Crippen LogP contribution in [0.3, 0.4) is 0 Å². The first-order chi connectivity index (χ1) is 13.2. The second-order valence-corrected chi connectivity index (χ2v) is 8.68. The molecule has 0 atom stereocenters. The SMILES string of the molecule is S=C(NCCCN1CCN(Cc2ccc(Cl)cc2)CC1)NC1CCCCC1. The molecule has 3 rings (SSSR count). The zero-order chi connectivity index (χ0) is 18.9. The van der Waals surface area contributed by atoms with Gasteiger partial charge in [-0.2, -0.15) is 0 Å². The lowest BCUT2D eigenvalue weighted by atomic mass is 9.96. The molecule has 0 aromatic heterocycles. The number of nitrogens with zero attached hydrogens (tertiary/aromatic N) is 2. The third-order valence-corrected chi connectivity index (χ3v) is 6.18. The number of hydrogen-bond acceptors (Lipinski definition) is 3. The van der Waals surface area contributed by atoms with E-state index in [0.717, 1.165) is 62.4 Å². The molecular formula is C21H33ClN4S. The van der Waals surface area contributed by atoms with E-state index >= 15 is 0 Å². The van der Waals surface area contributed by atoms with Crippen molar-refractivity contribution in [3.05, 3.63) is 34.9 Å². The maximum Gasteiger partial charge on any atom is 0.166 e. The van der Waals surface area contributed by atoms with Crippen molar-refractivity contribution < 1.29 is 0 Å². The van der Waals surface area contributed by atoms with Crippen LogP contribution in [0, 0.1) is 0 Å². The smallest absolute Gasteiger partial charge is 0.166 e. The van der Waals surface area contributed by atoms with E-state index in [9.17, 15) is 0 Å². The Kier molecular flexibility index (Phi) is 8.65. The van der Waals surface area contributed by atoms with Crippen molar-refractivity contribution in [2.45, 2.75) is 51.1 Å². The zero-order valence-corrected chi connectivity index (χ0v) is 17.8. The molecule has 1 saturated heterocycles. The molecule has 2 aliphatic rings. The molecule has 150 valence electrons. The number of rotatable bonds is 7. The molecule has 27 heavy (non-hydrogen) atoms. The standard InChI is InChI=1S/C21H33ClN4S/c22-19-9-7-18(8-10-19)17-26-15-13-25(14-16-26)12-4-11-23-21(27)24-20-5-2-1-3-6-20/h7-10,20H,1-6,11-17H2,(H2,23,24,27). The summed E-state index contributed by atoms with van der Waals surface area (Å²) in [7, 11) is 0. The van der Waals surface area contributed by atoms with Crippen LogP contribution >= 0.6 is 23.8 Å². The van der Waals surface area contributed by atoms with Crippen LogP contribution in [0.2, 0.25) is 5.02 Å². The van der Waals surface area contributed by atoms with E-state index in [4.69, 9.17) is 23.8 Å². The summed E-state index contributed by atoms with van der Waals surface area (Å²) < 4.78 is 0. The number of piperazine rings is 1. The highest BCUT2D eigenvalue weighted by Gasteiger charge is 2.17. The average molecular weight is 409 g/mol. The highest BCUT2D eigenvalue weighted by molar-refractivity contribution is 7.80. The summed E-state index contributed by atoms with van der Waals surface area (Å²) in [4.78, 5) is 5.10. The number of thiocarbonyl (C=S) groups is 1. The number of benzene rings is 1. The largest absolute Gasteiger partial charge is 0.363 e. The van der Waals surface area contributed by atoms with E-state index in [-0.39, 0.29) is 0 Å². The molecule has 1 aliphatic heterocycles. The normalized spacial score (nSPS) is 19.7. The molecule has 0 bridgehead atoms. The fourth-order valence-electron chi connectivity index (χ4n) is 4.01. The van der Waals surface area contributed by atoms with Gasteiger partial charge in [0.25, 0.3) is 0 Å². The number of nitrogens with one attached hydrogen (secondary N) is 2. The average Bonchev–Trinajstić information content (AvgIpc) is 2.69. The van der Waals surface area contributed by atoms with Crippen molar-refractivity contribution in [2.75, 3.05) is 39.3 Å². The first-order valence-electron chi connectivity index (χ1n) is 10.4. The van der Waals surface area contributed by atoms with Gasteiger partial charge in [0.05, 0.1) is 0 Å². The van der Waals surface area contributed by atoms with Gasteiger partial charge in [-0.3, -0.25) is 4.90 Å². The summed E-state index contributed by atoms with van der Waals surface area (Å²) in [6.07, 6.45) is 7.73. The quantitative estimate of drug-likeness (QED) is 0.531. The fraction of sp³-hybridized carbons (Fsp3) is 0.667. The molecule has 1 aromatic rings. The van der Waals surface area contributed by atoms with Crippen molar-refractivity contribution >= 4 is 28.9 Å². The van der Waals surface area contributed by atoms with Crippen LogP contribution in [0.25, 0.3) is 0 Å². The minimum Gasteiger partial charge on any atom is -0.363 e. The summed E-state index contributed by atoms with van der Waals surface area (Å²) >= 11 is 11.4. The third kappa shape index (κ3) is 7.57. The summed E-state index contributed by atoms with van der Waals surface area (Å²) in [6, 6.07) is 8.81. The van der Waals surface area contributed by atoms with Gasteiger partial charge in [-0.1, -0.05) is 43.0 Å². The Morgan fingerprint density at radius 1 is 1.00 bits per heavy atom. The van der Waals surface area contributed by atoms with Crippen molar-refractivity contribution in [1.29, 1.82) is 0 Å². The summed E-state index contributed by atoms with van der Waals surface area (Å²) in [5.74, 6) is 0. The molecule has 0 radical (unpaired) electrons. The van der Waals surface area contributed by atoms with E-state index in [1.165, 1.54) is 37.7 Å². The van der Waals surface area contributed by atoms with Gasteiger partial charge in [-0.05, 0) is 55.7 Å². The lowest BCUT2D eigenvalue weighted by Gasteiger charge is -2.34. The van der Waals surface area contributed by atoms with Crippen molar-refractivity contribution in [3.63, 3.8) is 0 Å². The van der Waals surface area contributed by atoms with E-state index in [1.54, 1.807) is 0 Å². The van der Waals surface area contributed by atoms with Crippen LogP contribution in [0.5, 0.6) is 0 Å². The van der Waals surface area contributed by atoms with Gasteiger partial charge in [0.1, 0.15) is 0 Å². The van der Waals surface area contributed by atoms with Gasteiger partial charge in [0.15, 0.2) is 5.11 Å². The first-order valence-corrected chi connectivity index (χ1v) is 11.2. The van der Waals surface area contributed by atoms with Crippen LogP contribution in [-0.2, 0) is 6.54 Å². The topological polar surface area (TPSA) is 30.5 Å². The summed E-state index contributed by atoms with van der Waals surface area (Å²) in [5.41, 5.74) is 1.34. The summed E-state index contributed by atoms with van der Waals surface area (Å²) in [6.45, 7) is 7.71.